The molecule has 16 heavy (non-hydrogen) atoms. The van der Waals surface area contributed by atoms with E-state index in [1.54, 1.807) is 0 Å². The highest BCUT2D eigenvalue weighted by atomic mass is 79.9. The number of hydrogen-bond acceptors (Lipinski definition) is 1. The fraction of sp³-hybridized carbons (Fsp3) is 1.00. The summed E-state index contributed by atoms with van der Waals surface area (Å²) in [5.74, 6) is 0.624. The molecule has 0 spiro atoms. The van der Waals surface area contributed by atoms with Gasteiger partial charge in [0.2, 0.25) is 0 Å². The van der Waals surface area contributed by atoms with E-state index in [0.29, 0.717) is 12.3 Å². The van der Waals surface area contributed by atoms with Crippen LogP contribution < -0.4 is 0 Å². The Morgan fingerprint density at radius 1 is 1.12 bits per heavy atom. The van der Waals surface area contributed by atoms with Crippen LogP contribution >= 0.6 is 43.6 Å². The first-order chi connectivity index (χ1) is 7.24. The van der Waals surface area contributed by atoms with Crippen LogP contribution in [0.15, 0.2) is 0 Å². The summed E-state index contributed by atoms with van der Waals surface area (Å²) in [7, 11) is 0. The van der Waals surface area contributed by atoms with Crippen molar-refractivity contribution in [2.24, 2.45) is 11.3 Å². The molecule has 0 saturated heterocycles. The Morgan fingerprint density at radius 3 is 1.94 bits per heavy atom. The summed E-state index contributed by atoms with van der Waals surface area (Å²) in [6.45, 7) is 4.19. The van der Waals surface area contributed by atoms with Crippen LogP contribution in [0, 0.1) is 11.3 Å². The predicted octanol–water partition coefficient (Wildman–Crippen LogP) is 5.45. The maximum atomic E-state index is 12.0. The van der Waals surface area contributed by atoms with Crippen molar-refractivity contribution in [2.75, 3.05) is 16.4 Å². The molecule has 0 aliphatic carbocycles. The zero-order valence-electron chi connectivity index (χ0n) is 9.41. The zero-order valence-corrected chi connectivity index (χ0v) is 13.4. The highest BCUT2D eigenvalue weighted by Crippen LogP contribution is 2.38. The molecule has 0 bridgehead atoms. The lowest BCUT2D eigenvalue weighted by molar-refractivity contribution is -0.0328. The van der Waals surface area contributed by atoms with Crippen molar-refractivity contribution in [3.63, 3.8) is 0 Å². The Morgan fingerprint density at radius 2 is 1.62 bits per heavy atom. The molecular formula is C10H17Br2F3S. The van der Waals surface area contributed by atoms with Crippen molar-refractivity contribution >= 4 is 43.6 Å². The van der Waals surface area contributed by atoms with Crippen LogP contribution in [0.2, 0.25) is 0 Å². The smallest absolute Gasteiger partial charge is 0.160 e. The Bertz CT molecular complexity index is 191. The molecule has 0 aromatic rings. The topological polar surface area (TPSA) is 0 Å². The standard InChI is InChI=1S/C10H17Br2F3S/c1-8(2)5-9(6-11,7-12)3-4-16-10(13,14)15/h8H,3-7H2,1-2H3. The molecule has 98 valence electrons. The van der Waals surface area contributed by atoms with Gasteiger partial charge in [-0.15, -0.1) is 0 Å². The Balaban J connectivity index is 4.22. The van der Waals surface area contributed by atoms with Gasteiger partial charge in [0.05, 0.1) is 0 Å². The van der Waals surface area contributed by atoms with Crippen molar-refractivity contribution in [1.82, 2.24) is 0 Å². The molecule has 0 unspecified atom stereocenters. The van der Waals surface area contributed by atoms with E-state index >= 15 is 0 Å². The van der Waals surface area contributed by atoms with Gasteiger partial charge in [0.1, 0.15) is 0 Å². The summed E-state index contributed by atoms with van der Waals surface area (Å²) >= 11 is 6.92. The molecule has 0 nitrogen and oxygen atoms in total. The minimum Gasteiger partial charge on any atom is -0.160 e. The fourth-order valence-electron chi connectivity index (χ4n) is 1.63. The highest BCUT2D eigenvalue weighted by Gasteiger charge is 2.32. The second kappa shape index (κ2) is 7.52. The van der Waals surface area contributed by atoms with E-state index in [2.05, 4.69) is 45.7 Å². The molecule has 0 aliphatic heterocycles. The summed E-state index contributed by atoms with van der Waals surface area (Å²) in [6.07, 6.45) is 1.51. The molecule has 0 saturated carbocycles. The molecular weight excluding hydrogens is 369 g/mol. The quantitative estimate of drug-likeness (QED) is 0.525. The molecule has 6 heteroatoms. The van der Waals surface area contributed by atoms with E-state index in [4.69, 9.17) is 0 Å². The first-order valence-corrected chi connectivity index (χ1v) is 8.30. The van der Waals surface area contributed by atoms with Gasteiger partial charge in [-0.25, -0.2) is 0 Å². The third kappa shape index (κ3) is 7.43. The summed E-state index contributed by atoms with van der Waals surface area (Å²) in [5, 5.41) is 1.48. The lowest BCUT2D eigenvalue weighted by Crippen LogP contribution is -2.28. The Labute approximate surface area is 116 Å². The molecule has 0 N–H and O–H groups in total. The van der Waals surface area contributed by atoms with Crippen LogP contribution in [-0.4, -0.2) is 21.9 Å². The van der Waals surface area contributed by atoms with E-state index < -0.39 is 5.51 Å². The minimum absolute atomic E-state index is 0.0631. The van der Waals surface area contributed by atoms with Gasteiger partial charge in [-0.3, -0.25) is 0 Å². The number of hydrogen-bond donors (Lipinski definition) is 0. The third-order valence-electron chi connectivity index (χ3n) is 2.31. The zero-order chi connectivity index (χ0) is 12.8. The van der Waals surface area contributed by atoms with E-state index in [-0.39, 0.29) is 22.9 Å². The highest BCUT2D eigenvalue weighted by molar-refractivity contribution is 9.09. The molecule has 0 amide bonds. The summed E-state index contributed by atoms with van der Waals surface area (Å²) in [4.78, 5) is 0. The van der Waals surface area contributed by atoms with Crippen LogP contribution in [0.1, 0.15) is 26.7 Å². The normalized spacial score (nSPS) is 13.5. The number of thioether (sulfide) groups is 1. The van der Waals surface area contributed by atoms with Crippen molar-refractivity contribution in [2.45, 2.75) is 32.2 Å². The molecule has 0 radical (unpaired) electrons. The number of rotatable bonds is 7. The van der Waals surface area contributed by atoms with Crippen LogP contribution in [0.4, 0.5) is 13.2 Å². The monoisotopic (exact) mass is 384 g/mol. The van der Waals surface area contributed by atoms with Crippen molar-refractivity contribution in [1.29, 1.82) is 0 Å². The van der Waals surface area contributed by atoms with E-state index in [0.717, 1.165) is 17.1 Å². The van der Waals surface area contributed by atoms with Gasteiger partial charge in [-0.05, 0) is 24.2 Å². The second-order valence-corrected chi connectivity index (χ2v) is 6.69. The van der Waals surface area contributed by atoms with Crippen molar-refractivity contribution in [3.05, 3.63) is 0 Å². The molecule has 0 aromatic carbocycles. The van der Waals surface area contributed by atoms with E-state index in [1.165, 1.54) is 0 Å². The largest absolute Gasteiger partial charge is 0.441 e. The first kappa shape index (κ1) is 17.1. The molecule has 0 rings (SSSR count). The van der Waals surface area contributed by atoms with Crippen LogP contribution in [0.3, 0.4) is 0 Å². The average molecular weight is 386 g/mol. The molecule has 0 aromatic heterocycles. The molecule has 0 atom stereocenters. The minimum atomic E-state index is -4.11. The van der Waals surface area contributed by atoms with E-state index in [9.17, 15) is 13.2 Å². The summed E-state index contributed by atoms with van der Waals surface area (Å²) in [5.41, 5.74) is -4.17. The van der Waals surface area contributed by atoms with Crippen molar-refractivity contribution in [3.8, 4) is 0 Å². The third-order valence-corrected chi connectivity index (χ3v) is 5.42. The van der Waals surface area contributed by atoms with Gasteiger partial charge in [0, 0.05) is 16.4 Å². The molecule has 0 heterocycles. The average Bonchev–Trinajstić information content (AvgIpc) is 2.13. The van der Waals surface area contributed by atoms with Gasteiger partial charge >= 0.3 is 5.51 Å². The maximum Gasteiger partial charge on any atom is 0.441 e. The van der Waals surface area contributed by atoms with Crippen LogP contribution in [0.25, 0.3) is 0 Å². The van der Waals surface area contributed by atoms with Gasteiger partial charge in [-0.1, -0.05) is 57.5 Å². The van der Waals surface area contributed by atoms with E-state index in [1.807, 2.05) is 0 Å². The lowest BCUT2D eigenvalue weighted by Gasteiger charge is -2.31. The van der Waals surface area contributed by atoms with Crippen molar-refractivity contribution < 1.29 is 13.2 Å². The van der Waals surface area contributed by atoms with Gasteiger partial charge in [0.25, 0.3) is 0 Å². The Hall–Kier alpha value is 1.10. The fourth-order valence-corrected chi connectivity index (χ4v) is 4.34. The van der Waals surface area contributed by atoms with Gasteiger partial charge < -0.3 is 0 Å². The molecule has 0 fully saturated rings. The summed E-state index contributed by atoms with van der Waals surface area (Å²) < 4.78 is 36.1. The maximum absolute atomic E-state index is 12.0. The van der Waals surface area contributed by atoms with Crippen LogP contribution in [0.5, 0.6) is 0 Å². The second-order valence-electron chi connectivity index (χ2n) is 4.41. The number of halogens is 5. The lowest BCUT2D eigenvalue weighted by atomic mass is 9.82. The molecule has 0 aliphatic rings. The SMILES string of the molecule is CC(C)CC(CBr)(CBr)CCSC(F)(F)F. The van der Waals surface area contributed by atoms with Gasteiger partial charge in [0.15, 0.2) is 0 Å². The summed E-state index contributed by atoms with van der Waals surface area (Å²) in [6, 6.07) is 0. The van der Waals surface area contributed by atoms with Gasteiger partial charge in [-0.2, -0.15) is 13.2 Å². The Kier molecular flexibility index (Phi) is 8.03. The number of alkyl halides is 5. The predicted molar refractivity (Wildman–Crippen MR) is 72.6 cm³/mol. The first-order valence-electron chi connectivity index (χ1n) is 5.07. The van der Waals surface area contributed by atoms with Crippen LogP contribution in [-0.2, 0) is 0 Å².